The number of hydrogen-bond donors (Lipinski definition) is 1. The molecule has 2 aliphatic heterocycles. The third-order valence-electron chi connectivity index (χ3n) is 5.44. The van der Waals surface area contributed by atoms with Crippen LogP contribution in [0.25, 0.3) is 6.08 Å². The summed E-state index contributed by atoms with van der Waals surface area (Å²) in [6, 6.07) is 11.1. The third-order valence-corrected chi connectivity index (χ3v) is 5.72. The number of ether oxygens (including phenoxy) is 1. The Bertz CT molecular complexity index is 1000. The van der Waals surface area contributed by atoms with Crippen molar-refractivity contribution in [3.8, 4) is 0 Å². The Labute approximate surface area is 175 Å². The maximum absolute atomic E-state index is 13.1. The van der Waals surface area contributed by atoms with Crippen LogP contribution >= 0.6 is 12.2 Å². The molecular weight excluding hydrogens is 386 g/mol. The number of carbonyl (C=O) groups is 2. The zero-order valence-corrected chi connectivity index (χ0v) is 17.3. The number of aryl methyl sites for hydroxylation is 1. The summed E-state index contributed by atoms with van der Waals surface area (Å²) in [6.45, 7) is 5.61. The van der Waals surface area contributed by atoms with Crippen molar-refractivity contribution in [2.24, 2.45) is 0 Å². The van der Waals surface area contributed by atoms with Gasteiger partial charge in [-0.05, 0) is 68.7 Å². The van der Waals surface area contributed by atoms with E-state index in [1.54, 1.807) is 18.2 Å². The molecule has 3 heterocycles. The largest absolute Gasteiger partial charge is 0.376 e. The Morgan fingerprint density at radius 2 is 2.00 bits per heavy atom. The van der Waals surface area contributed by atoms with Crippen LogP contribution in [0.2, 0.25) is 0 Å². The van der Waals surface area contributed by atoms with E-state index < -0.39 is 11.8 Å². The molecule has 0 saturated carbocycles. The van der Waals surface area contributed by atoms with Crippen LogP contribution in [0.3, 0.4) is 0 Å². The molecule has 2 aromatic rings. The molecule has 2 fully saturated rings. The van der Waals surface area contributed by atoms with E-state index in [0.717, 1.165) is 42.9 Å². The summed E-state index contributed by atoms with van der Waals surface area (Å²) < 4.78 is 7.95. The van der Waals surface area contributed by atoms with Gasteiger partial charge in [-0.2, -0.15) is 0 Å². The summed E-state index contributed by atoms with van der Waals surface area (Å²) >= 11 is 5.24. The van der Waals surface area contributed by atoms with Crippen molar-refractivity contribution in [2.45, 2.75) is 39.3 Å². The molecule has 6 nitrogen and oxygen atoms in total. The number of carbonyl (C=O) groups excluding carboxylic acids is 2. The zero-order chi connectivity index (χ0) is 20.5. The third kappa shape index (κ3) is 3.75. The maximum Gasteiger partial charge on any atom is 0.270 e. The van der Waals surface area contributed by atoms with Crippen LogP contribution in [-0.2, 0) is 20.9 Å². The Morgan fingerprint density at radius 1 is 1.24 bits per heavy atom. The smallest absolute Gasteiger partial charge is 0.270 e. The van der Waals surface area contributed by atoms with E-state index in [9.17, 15) is 9.59 Å². The van der Waals surface area contributed by atoms with E-state index in [2.05, 4.69) is 9.88 Å². The number of nitrogens with zero attached hydrogens (tertiary/aromatic N) is 2. The molecule has 150 valence electrons. The van der Waals surface area contributed by atoms with Gasteiger partial charge in [0, 0.05) is 24.5 Å². The van der Waals surface area contributed by atoms with Crippen molar-refractivity contribution in [1.29, 1.82) is 0 Å². The molecule has 2 saturated heterocycles. The molecule has 1 atom stereocenters. The molecule has 1 aromatic carbocycles. The standard InChI is InChI=1S/C22H23N3O3S/c1-14-11-16(15(2)24(14)13-18-9-6-10-28-18)12-19-20(26)23-22(29)25(21(19)27)17-7-4-3-5-8-17/h3-5,7-8,11-12,18H,6,9-10,13H2,1-2H3,(H,23,26,29)/b19-12+/t18-/m0/s1. The predicted octanol–water partition coefficient (Wildman–Crippen LogP) is 3.12. The van der Waals surface area contributed by atoms with Gasteiger partial charge in [0.05, 0.1) is 11.8 Å². The summed E-state index contributed by atoms with van der Waals surface area (Å²) in [5.74, 6) is -0.898. The summed E-state index contributed by atoms with van der Waals surface area (Å²) in [6.07, 6.45) is 4.01. The lowest BCUT2D eigenvalue weighted by Gasteiger charge is -2.28. The van der Waals surface area contributed by atoms with Crippen molar-refractivity contribution >= 4 is 40.9 Å². The van der Waals surface area contributed by atoms with Crippen LogP contribution in [0.4, 0.5) is 5.69 Å². The Hall–Kier alpha value is -2.77. The maximum atomic E-state index is 13.1. The lowest BCUT2D eigenvalue weighted by molar-refractivity contribution is -0.122. The van der Waals surface area contributed by atoms with E-state index in [4.69, 9.17) is 17.0 Å². The van der Waals surface area contributed by atoms with Gasteiger partial charge < -0.3 is 9.30 Å². The lowest BCUT2D eigenvalue weighted by Crippen LogP contribution is -2.54. The fourth-order valence-electron chi connectivity index (χ4n) is 3.87. The first kappa shape index (κ1) is 19.5. The normalized spacial score (nSPS) is 21.2. The topological polar surface area (TPSA) is 63.6 Å². The van der Waals surface area contributed by atoms with Gasteiger partial charge in [0.1, 0.15) is 5.57 Å². The molecule has 0 aliphatic carbocycles. The van der Waals surface area contributed by atoms with Crippen LogP contribution in [0.15, 0.2) is 42.0 Å². The highest BCUT2D eigenvalue weighted by atomic mass is 32.1. The number of amides is 2. The van der Waals surface area contributed by atoms with Crippen LogP contribution in [-0.4, -0.2) is 34.2 Å². The second-order valence-corrected chi connectivity index (χ2v) is 7.75. The molecule has 7 heteroatoms. The number of anilines is 1. The molecule has 0 radical (unpaired) electrons. The highest BCUT2D eigenvalue weighted by molar-refractivity contribution is 7.80. The number of aromatic nitrogens is 1. The quantitative estimate of drug-likeness (QED) is 0.479. The van der Waals surface area contributed by atoms with Crippen LogP contribution in [0.5, 0.6) is 0 Å². The van der Waals surface area contributed by atoms with E-state index in [1.807, 2.05) is 38.1 Å². The van der Waals surface area contributed by atoms with Crippen molar-refractivity contribution in [3.63, 3.8) is 0 Å². The number of para-hydroxylation sites is 1. The van der Waals surface area contributed by atoms with Crippen molar-refractivity contribution < 1.29 is 14.3 Å². The average Bonchev–Trinajstić information content (AvgIpc) is 3.30. The zero-order valence-electron chi connectivity index (χ0n) is 16.5. The molecule has 2 aliphatic rings. The summed E-state index contributed by atoms with van der Waals surface area (Å²) in [5.41, 5.74) is 3.62. The molecule has 29 heavy (non-hydrogen) atoms. The van der Waals surface area contributed by atoms with Gasteiger partial charge in [-0.1, -0.05) is 18.2 Å². The number of hydrogen-bond acceptors (Lipinski definition) is 4. The Kier molecular flexibility index (Phi) is 5.34. The highest BCUT2D eigenvalue weighted by Crippen LogP contribution is 2.25. The van der Waals surface area contributed by atoms with Crippen molar-refractivity contribution in [1.82, 2.24) is 9.88 Å². The van der Waals surface area contributed by atoms with Gasteiger partial charge >= 0.3 is 0 Å². The molecule has 0 spiro atoms. The monoisotopic (exact) mass is 409 g/mol. The fraction of sp³-hybridized carbons (Fsp3) is 0.318. The molecule has 0 unspecified atom stereocenters. The van der Waals surface area contributed by atoms with Crippen LogP contribution in [0.1, 0.15) is 29.8 Å². The number of benzene rings is 1. The first-order chi connectivity index (χ1) is 14.0. The van der Waals surface area contributed by atoms with Crippen molar-refractivity contribution in [2.75, 3.05) is 11.5 Å². The van der Waals surface area contributed by atoms with E-state index in [1.165, 1.54) is 4.90 Å². The van der Waals surface area contributed by atoms with Gasteiger partial charge in [0.25, 0.3) is 11.8 Å². The van der Waals surface area contributed by atoms with Gasteiger partial charge in [0.2, 0.25) is 0 Å². The minimum absolute atomic E-state index is 0.0693. The lowest BCUT2D eigenvalue weighted by atomic mass is 10.1. The number of nitrogens with one attached hydrogen (secondary N) is 1. The van der Waals surface area contributed by atoms with E-state index in [-0.39, 0.29) is 16.8 Å². The van der Waals surface area contributed by atoms with E-state index >= 15 is 0 Å². The number of thiocarbonyl (C=S) groups is 1. The van der Waals surface area contributed by atoms with Gasteiger partial charge in [0.15, 0.2) is 5.11 Å². The minimum Gasteiger partial charge on any atom is -0.376 e. The first-order valence-corrected chi connectivity index (χ1v) is 10.1. The van der Waals surface area contributed by atoms with Gasteiger partial charge in [-0.3, -0.25) is 19.8 Å². The summed E-state index contributed by atoms with van der Waals surface area (Å²) in [4.78, 5) is 27.0. The minimum atomic E-state index is -0.476. The molecule has 4 rings (SSSR count). The van der Waals surface area contributed by atoms with Crippen LogP contribution < -0.4 is 10.2 Å². The molecule has 1 aromatic heterocycles. The number of rotatable bonds is 4. The van der Waals surface area contributed by atoms with E-state index in [0.29, 0.717) is 5.69 Å². The first-order valence-electron chi connectivity index (χ1n) is 9.70. The fourth-order valence-corrected chi connectivity index (χ4v) is 4.15. The molecule has 0 bridgehead atoms. The second-order valence-electron chi connectivity index (χ2n) is 7.37. The summed E-state index contributed by atoms with van der Waals surface area (Å²) in [5, 5.41) is 2.72. The summed E-state index contributed by atoms with van der Waals surface area (Å²) in [7, 11) is 0. The second kappa shape index (κ2) is 7.93. The molecule has 1 N–H and O–H groups in total. The van der Waals surface area contributed by atoms with Gasteiger partial charge in [-0.25, -0.2) is 0 Å². The predicted molar refractivity (Wildman–Crippen MR) is 116 cm³/mol. The van der Waals surface area contributed by atoms with Crippen LogP contribution in [0, 0.1) is 13.8 Å². The average molecular weight is 410 g/mol. The molecular formula is C22H23N3O3S. The SMILES string of the molecule is Cc1cc(/C=C2\C(=O)NC(=S)N(c3ccccc3)C2=O)c(C)n1C[C@@H]1CCCO1. The Morgan fingerprint density at radius 3 is 2.69 bits per heavy atom. The van der Waals surface area contributed by atoms with Crippen molar-refractivity contribution in [3.05, 3.63) is 58.9 Å². The highest BCUT2D eigenvalue weighted by Gasteiger charge is 2.34. The van der Waals surface area contributed by atoms with Gasteiger partial charge in [-0.15, -0.1) is 0 Å². The Balaban J connectivity index is 1.67. The molecule has 2 amide bonds.